The summed E-state index contributed by atoms with van der Waals surface area (Å²) < 4.78 is 0. The molecule has 2 heterocycles. The molecule has 0 aliphatic carbocycles. The highest BCUT2D eigenvalue weighted by Crippen LogP contribution is 2.35. The van der Waals surface area contributed by atoms with Gasteiger partial charge in [0.2, 0.25) is 0 Å². The Kier molecular flexibility index (Phi) is 2.97. The second kappa shape index (κ2) is 4.97. The Morgan fingerprint density at radius 2 is 1.90 bits per heavy atom. The van der Waals surface area contributed by atoms with Crippen molar-refractivity contribution < 1.29 is 4.79 Å². The number of aromatic nitrogens is 1. The molecule has 3 nitrogen and oxygen atoms in total. The zero-order valence-corrected chi connectivity index (χ0v) is 12.2. The van der Waals surface area contributed by atoms with Gasteiger partial charge in [-0.25, -0.2) is 0 Å². The van der Waals surface area contributed by atoms with Crippen molar-refractivity contribution in [1.29, 1.82) is 0 Å². The monoisotopic (exact) mass is 294 g/mol. The van der Waals surface area contributed by atoms with Gasteiger partial charge >= 0.3 is 0 Å². The van der Waals surface area contributed by atoms with Crippen molar-refractivity contribution in [3.63, 3.8) is 0 Å². The van der Waals surface area contributed by atoms with Crippen LogP contribution in [0.3, 0.4) is 0 Å². The molecule has 1 aliphatic rings. The van der Waals surface area contributed by atoms with Gasteiger partial charge in [0, 0.05) is 34.3 Å². The number of benzene rings is 2. The van der Waals surface area contributed by atoms with Crippen LogP contribution in [-0.4, -0.2) is 23.2 Å². The molecule has 0 bridgehead atoms. The van der Waals surface area contributed by atoms with Crippen molar-refractivity contribution in [2.24, 2.45) is 0 Å². The van der Waals surface area contributed by atoms with Crippen molar-refractivity contribution in [3.05, 3.63) is 60.3 Å². The molecule has 0 spiro atoms. The first-order valence-electron chi connectivity index (χ1n) is 6.94. The summed E-state index contributed by atoms with van der Waals surface area (Å²) >= 11 is 1.81. The van der Waals surface area contributed by atoms with Crippen LogP contribution in [0.25, 0.3) is 10.9 Å². The summed E-state index contributed by atoms with van der Waals surface area (Å²) in [5.74, 6) is 1.01. The van der Waals surface area contributed by atoms with E-state index in [1.807, 2.05) is 65.3 Å². The van der Waals surface area contributed by atoms with Gasteiger partial charge < -0.3 is 9.88 Å². The lowest BCUT2D eigenvalue weighted by Crippen LogP contribution is -2.35. The summed E-state index contributed by atoms with van der Waals surface area (Å²) in [4.78, 5) is 19.2. The number of hydrogen-bond donors (Lipinski definition) is 1. The minimum atomic E-state index is 0.0696. The van der Waals surface area contributed by atoms with Crippen LogP contribution in [0, 0.1) is 0 Å². The highest BCUT2D eigenvalue weighted by molar-refractivity contribution is 7.99. The summed E-state index contributed by atoms with van der Waals surface area (Å²) in [5, 5.41) is 0.984. The van der Waals surface area contributed by atoms with Crippen LogP contribution in [0.2, 0.25) is 0 Å². The van der Waals surface area contributed by atoms with Crippen molar-refractivity contribution in [3.8, 4) is 0 Å². The number of para-hydroxylation sites is 2. The summed E-state index contributed by atoms with van der Waals surface area (Å²) in [6.45, 7) is 0.750. The number of thioether (sulfide) groups is 1. The van der Waals surface area contributed by atoms with E-state index in [9.17, 15) is 4.79 Å². The minimum Gasteiger partial charge on any atom is -0.360 e. The maximum atomic E-state index is 12.9. The molecule has 0 radical (unpaired) electrons. The Labute approximate surface area is 127 Å². The van der Waals surface area contributed by atoms with E-state index in [0.29, 0.717) is 0 Å². The molecule has 3 aromatic rings. The zero-order chi connectivity index (χ0) is 14.2. The third kappa shape index (κ3) is 2.03. The molecule has 104 valence electrons. The number of carbonyl (C=O) groups excluding carboxylic acids is 1. The van der Waals surface area contributed by atoms with Crippen LogP contribution in [0.5, 0.6) is 0 Å². The van der Waals surface area contributed by atoms with Crippen LogP contribution < -0.4 is 4.90 Å². The van der Waals surface area contributed by atoms with Crippen molar-refractivity contribution in [2.45, 2.75) is 4.90 Å². The molecule has 1 aliphatic heterocycles. The summed E-state index contributed by atoms with van der Waals surface area (Å²) in [7, 11) is 0. The average Bonchev–Trinajstić information content (AvgIpc) is 2.98. The van der Waals surface area contributed by atoms with E-state index < -0.39 is 0 Å². The predicted molar refractivity (Wildman–Crippen MR) is 87.1 cm³/mol. The number of rotatable bonds is 1. The van der Waals surface area contributed by atoms with Gasteiger partial charge in [-0.1, -0.05) is 30.3 Å². The molecular weight excluding hydrogens is 280 g/mol. The first kappa shape index (κ1) is 12.5. The Bertz CT molecular complexity index is 824. The largest absolute Gasteiger partial charge is 0.360 e. The summed E-state index contributed by atoms with van der Waals surface area (Å²) in [5.41, 5.74) is 2.76. The van der Waals surface area contributed by atoms with Crippen molar-refractivity contribution in [2.75, 3.05) is 17.2 Å². The third-order valence-corrected chi connectivity index (χ3v) is 4.84. The Morgan fingerprint density at radius 3 is 2.86 bits per heavy atom. The number of nitrogens with one attached hydrogen (secondary N) is 1. The van der Waals surface area contributed by atoms with E-state index in [4.69, 9.17) is 0 Å². The highest BCUT2D eigenvalue weighted by atomic mass is 32.2. The van der Waals surface area contributed by atoms with Gasteiger partial charge in [0.05, 0.1) is 11.3 Å². The number of anilines is 1. The van der Waals surface area contributed by atoms with Gasteiger partial charge in [-0.05, 0) is 18.2 Å². The highest BCUT2D eigenvalue weighted by Gasteiger charge is 2.25. The number of aromatic amines is 1. The normalized spacial score (nSPS) is 14.2. The Morgan fingerprint density at radius 1 is 1.10 bits per heavy atom. The van der Waals surface area contributed by atoms with Gasteiger partial charge in [0.1, 0.15) is 0 Å². The van der Waals surface area contributed by atoms with Crippen molar-refractivity contribution in [1.82, 2.24) is 4.98 Å². The van der Waals surface area contributed by atoms with E-state index >= 15 is 0 Å². The lowest BCUT2D eigenvalue weighted by molar-refractivity contribution is 0.0989. The van der Waals surface area contributed by atoms with E-state index in [1.165, 1.54) is 4.90 Å². The molecule has 0 atom stereocenters. The van der Waals surface area contributed by atoms with E-state index in [-0.39, 0.29) is 5.91 Å². The first-order valence-corrected chi connectivity index (χ1v) is 7.93. The maximum absolute atomic E-state index is 12.9. The molecule has 1 aromatic heterocycles. The number of nitrogens with zero attached hydrogens (tertiary/aromatic N) is 1. The van der Waals surface area contributed by atoms with Gasteiger partial charge in [-0.15, -0.1) is 11.8 Å². The van der Waals surface area contributed by atoms with Crippen LogP contribution in [-0.2, 0) is 0 Å². The molecule has 21 heavy (non-hydrogen) atoms. The van der Waals surface area contributed by atoms with Crippen LogP contribution in [0.1, 0.15) is 10.4 Å². The fraction of sp³-hybridized carbons (Fsp3) is 0.118. The van der Waals surface area contributed by atoms with E-state index in [0.717, 1.165) is 34.5 Å². The van der Waals surface area contributed by atoms with Gasteiger partial charge in [-0.3, -0.25) is 4.79 Å². The van der Waals surface area contributed by atoms with Gasteiger partial charge in [0.15, 0.2) is 0 Å². The minimum absolute atomic E-state index is 0.0696. The standard InChI is InChI=1S/C17H14N2OS/c20-17(13-11-18-14-6-2-1-5-12(13)14)19-9-10-21-16-8-4-3-7-15(16)19/h1-8,11,18H,9-10H2. The molecular formula is C17H14N2OS. The Balaban J connectivity index is 1.79. The molecule has 0 saturated carbocycles. The number of H-pyrrole nitrogens is 1. The Hall–Kier alpha value is -2.20. The molecule has 2 aromatic carbocycles. The van der Waals surface area contributed by atoms with Crippen LogP contribution in [0.15, 0.2) is 59.6 Å². The summed E-state index contributed by atoms with van der Waals surface area (Å²) in [6, 6.07) is 16.0. The smallest absolute Gasteiger partial charge is 0.260 e. The quantitative estimate of drug-likeness (QED) is 0.738. The first-order chi connectivity index (χ1) is 10.3. The number of amides is 1. The van der Waals surface area contributed by atoms with Crippen LogP contribution >= 0.6 is 11.8 Å². The molecule has 1 N–H and O–H groups in total. The SMILES string of the molecule is O=C(c1c[nH]c2ccccc12)N1CCSc2ccccc21. The van der Waals surface area contributed by atoms with E-state index in [1.54, 1.807) is 0 Å². The van der Waals surface area contributed by atoms with Crippen LogP contribution in [0.4, 0.5) is 5.69 Å². The number of fused-ring (bicyclic) bond motifs is 2. The zero-order valence-electron chi connectivity index (χ0n) is 11.4. The molecule has 1 amide bonds. The maximum Gasteiger partial charge on any atom is 0.260 e. The topological polar surface area (TPSA) is 36.1 Å². The molecule has 4 heteroatoms. The summed E-state index contributed by atoms with van der Waals surface area (Å²) in [6.07, 6.45) is 1.82. The number of carbonyl (C=O) groups is 1. The fourth-order valence-electron chi connectivity index (χ4n) is 2.77. The lowest BCUT2D eigenvalue weighted by Gasteiger charge is -2.28. The molecule has 0 fully saturated rings. The lowest BCUT2D eigenvalue weighted by atomic mass is 10.1. The molecule has 4 rings (SSSR count). The third-order valence-electron chi connectivity index (χ3n) is 3.79. The second-order valence-electron chi connectivity index (χ2n) is 5.02. The van der Waals surface area contributed by atoms with Gasteiger partial charge in [0.25, 0.3) is 5.91 Å². The van der Waals surface area contributed by atoms with E-state index in [2.05, 4.69) is 11.1 Å². The second-order valence-corrected chi connectivity index (χ2v) is 6.16. The molecule has 0 unspecified atom stereocenters. The average molecular weight is 294 g/mol. The fourth-order valence-corrected chi connectivity index (χ4v) is 3.77. The van der Waals surface area contributed by atoms with Crippen molar-refractivity contribution >= 4 is 34.3 Å². The predicted octanol–water partition coefficient (Wildman–Crippen LogP) is 3.92. The molecule has 0 saturated heterocycles. The number of hydrogen-bond acceptors (Lipinski definition) is 2. The van der Waals surface area contributed by atoms with Gasteiger partial charge in [-0.2, -0.15) is 0 Å².